The third kappa shape index (κ3) is 2.97. The van der Waals surface area contributed by atoms with Crippen LogP contribution in [0.2, 0.25) is 0 Å². The molecule has 96 valence electrons. The molecule has 0 saturated carbocycles. The summed E-state index contributed by atoms with van der Waals surface area (Å²) in [6, 6.07) is 5.71. The van der Waals surface area contributed by atoms with Crippen molar-refractivity contribution in [3.05, 3.63) is 29.6 Å². The molecule has 0 aliphatic carbocycles. The number of nitrogens with zero attached hydrogens (tertiary/aromatic N) is 2. The summed E-state index contributed by atoms with van der Waals surface area (Å²) in [7, 11) is 0. The van der Waals surface area contributed by atoms with Gasteiger partial charge in [-0.3, -0.25) is 0 Å². The van der Waals surface area contributed by atoms with E-state index in [0.29, 0.717) is 0 Å². The van der Waals surface area contributed by atoms with E-state index in [4.69, 9.17) is 10.7 Å². The van der Waals surface area contributed by atoms with Crippen molar-refractivity contribution >= 4 is 16.7 Å². The quantitative estimate of drug-likeness (QED) is 0.644. The summed E-state index contributed by atoms with van der Waals surface area (Å²) in [6.45, 7) is 4.27. The number of hydrogen-bond acceptors (Lipinski definition) is 3. The SMILES string of the molecule is CCCCCCc1nc2cc(N)ccc2nc1C. The first-order chi connectivity index (χ1) is 8.70. The number of anilines is 1. The van der Waals surface area contributed by atoms with E-state index in [1.807, 2.05) is 25.1 Å². The highest BCUT2D eigenvalue weighted by molar-refractivity contribution is 5.78. The number of nitrogens with two attached hydrogens (primary N) is 1. The van der Waals surface area contributed by atoms with Crippen molar-refractivity contribution in [1.82, 2.24) is 9.97 Å². The van der Waals surface area contributed by atoms with E-state index in [2.05, 4.69) is 11.9 Å². The fraction of sp³-hybridized carbons (Fsp3) is 0.467. The normalized spacial score (nSPS) is 11.0. The van der Waals surface area contributed by atoms with Crippen LogP contribution in [0, 0.1) is 6.92 Å². The lowest BCUT2D eigenvalue weighted by Crippen LogP contribution is -1.99. The zero-order chi connectivity index (χ0) is 13.0. The topological polar surface area (TPSA) is 51.8 Å². The molecule has 0 fully saturated rings. The van der Waals surface area contributed by atoms with E-state index in [1.54, 1.807) is 0 Å². The van der Waals surface area contributed by atoms with Crippen LogP contribution < -0.4 is 5.73 Å². The number of benzene rings is 1. The minimum atomic E-state index is 0.748. The van der Waals surface area contributed by atoms with Crippen molar-refractivity contribution in [3.63, 3.8) is 0 Å². The maximum atomic E-state index is 5.78. The van der Waals surface area contributed by atoms with Gasteiger partial charge >= 0.3 is 0 Å². The van der Waals surface area contributed by atoms with E-state index in [1.165, 1.54) is 25.7 Å². The third-order valence-electron chi connectivity index (χ3n) is 3.23. The molecule has 18 heavy (non-hydrogen) atoms. The molecule has 3 nitrogen and oxygen atoms in total. The molecule has 1 aromatic carbocycles. The molecular formula is C15H21N3. The number of aryl methyl sites for hydroxylation is 2. The average Bonchev–Trinajstić information content (AvgIpc) is 2.35. The molecule has 0 aliphatic heterocycles. The van der Waals surface area contributed by atoms with Gasteiger partial charge in [-0.15, -0.1) is 0 Å². The number of unbranched alkanes of at least 4 members (excludes halogenated alkanes) is 3. The van der Waals surface area contributed by atoms with Gasteiger partial charge in [0.25, 0.3) is 0 Å². The summed E-state index contributed by atoms with van der Waals surface area (Å²) in [5, 5.41) is 0. The van der Waals surface area contributed by atoms with Gasteiger partial charge in [0.15, 0.2) is 0 Å². The Balaban J connectivity index is 2.19. The molecule has 0 radical (unpaired) electrons. The summed E-state index contributed by atoms with van der Waals surface area (Å²) in [5.41, 5.74) is 10.5. The van der Waals surface area contributed by atoms with E-state index in [0.717, 1.165) is 34.5 Å². The van der Waals surface area contributed by atoms with Gasteiger partial charge < -0.3 is 5.73 Å². The number of nitrogen functional groups attached to an aromatic ring is 1. The van der Waals surface area contributed by atoms with Crippen LogP contribution in [0.3, 0.4) is 0 Å². The standard InChI is InChI=1S/C15H21N3/c1-3-4-5-6-7-13-11(2)17-14-9-8-12(16)10-15(14)18-13/h8-10H,3-7,16H2,1-2H3. The van der Waals surface area contributed by atoms with Crippen LogP contribution in [-0.2, 0) is 6.42 Å². The first kappa shape index (κ1) is 12.8. The summed E-state index contributed by atoms with van der Waals surface area (Å²) in [5.74, 6) is 0. The molecule has 1 heterocycles. The second-order valence-corrected chi connectivity index (χ2v) is 4.81. The molecule has 0 spiro atoms. The zero-order valence-corrected chi connectivity index (χ0v) is 11.2. The summed E-state index contributed by atoms with van der Waals surface area (Å²) in [6.07, 6.45) is 6.04. The van der Waals surface area contributed by atoms with Crippen LogP contribution in [-0.4, -0.2) is 9.97 Å². The lowest BCUT2D eigenvalue weighted by Gasteiger charge is -2.07. The van der Waals surface area contributed by atoms with Crippen molar-refractivity contribution in [2.24, 2.45) is 0 Å². The largest absolute Gasteiger partial charge is 0.399 e. The van der Waals surface area contributed by atoms with Gasteiger partial charge in [-0.1, -0.05) is 26.2 Å². The van der Waals surface area contributed by atoms with Gasteiger partial charge in [-0.05, 0) is 38.0 Å². The van der Waals surface area contributed by atoms with Gasteiger partial charge in [0.1, 0.15) is 0 Å². The van der Waals surface area contributed by atoms with Gasteiger partial charge in [0.05, 0.1) is 22.4 Å². The van der Waals surface area contributed by atoms with Crippen LogP contribution in [0.15, 0.2) is 18.2 Å². The molecule has 1 aromatic heterocycles. The molecule has 0 amide bonds. The zero-order valence-electron chi connectivity index (χ0n) is 11.2. The average molecular weight is 243 g/mol. The predicted molar refractivity (Wildman–Crippen MR) is 76.5 cm³/mol. The molecule has 0 bridgehead atoms. The Morgan fingerprint density at radius 1 is 1.06 bits per heavy atom. The maximum absolute atomic E-state index is 5.78. The Morgan fingerprint density at radius 2 is 1.89 bits per heavy atom. The van der Waals surface area contributed by atoms with E-state index in [-0.39, 0.29) is 0 Å². The summed E-state index contributed by atoms with van der Waals surface area (Å²) < 4.78 is 0. The fourth-order valence-electron chi connectivity index (χ4n) is 2.15. The summed E-state index contributed by atoms with van der Waals surface area (Å²) in [4.78, 5) is 9.29. The maximum Gasteiger partial charge on any atom is 0.0910 e. The highest BCUT2D eigenvalue weighted by Gasteiger charge is 2.05. The molecule has 3 heteroatoms. The lowest BCUT2D eigenvalue weighted by molar-refractivity contribution is 0.658. The van der Waals surface area contributed by atoms with E-state index >= 15 is 0 Å². The van der Waals surface area contributed by atoms with Crippen molar-refractivity contribution in [1.29, 1.82) is 0 Å². The monoisotopic (exact) mass is 243 g/mol. The Labute approximate surface area is 108 Å². The smallest absolute Gasteiger partial charge is 0.0910 e. The molecule has 0 aliphatic rings. The highest BCUT2D eigenvalue weighted by Crippen LogP contribution is 2.17. The highest BCUT2D eigenvalue weighted by atomic mass is 14.8. The minimum Gasteiger partial charge on any atom is -0.399 e. The van der Waals surface area contributed by atoms with Crippen LogP contribution >= 0.6 is 0 Å². The van der Waals surface area contributed by atoms with Gasteiger partial charge in [0, 0.05) is 5.69 Å². The molecule has 2 rings (SSSR count). The molecule has 2 N–H and O–H groups in total. The number of hydrogen-bond donors (Lipinski definition) is 1. The fourth-order valence-corrected chi connectivity index (χ4v) is 2.15. The van der Waals surface area contributed by atoms with Gasteiger partial charge in [0.2, 0.25) is 0 Å². The first-order valence-electron chi connectivity index (χ1n) is 6.73. The van der Waals surface area contributed by atoms with Crippen molar-refractivity contribution in [2.45, 2.75) is 46.0 Å². The Morgan fingerprint density at radius 3 is 2.67 bits per heavy atom. The molecule has 0 saturated heterocycles. The second-order valence-electron chi connectivity index (χ2n) is 4.81. The second kappa shape index (κ2) is 5.80. The van der Waals surface area contributed by atoms with Crippen molar-refractivity contribution in [3.8, 4) is 0 Å². The van der Waals surface area contributed by atoms with Crippen LogP contribution in [0.25, 0.3) is 11.0 Å². The predicted octanol–water partition coefficient (Wildman–Crippen LogP) is 3.64. The Bertz CT molecular complexity index is 534. The third-order valence-corrected chi connectivity index (χ3v) is 3.23. The lowest BCUT2D eigenvalue weighted by atomic mass is 10.1. The van der Waals surface area contributed by atoms with Crippen LogP contribution in [0.4, 0.5) is 5.69 Å². The van der Waals surface area contributed by atoms with Crippen LogP contribution in [0.5, 0.6) is 0 Å². The van der Waals surface area contributed by atoms with Crippen molar-refractivity contribution in [2.75, 3.05) is 5.73 Å². The van der Waals surface area contributed by atoms with Crippen molar-refractivity contribution < 1.29 is 0 Å². The van der Waals surface area contributed by atoms with E-state index < -0.39 is 0 Å². The molecule has 0 unspecified atom stereocenters. The molecule has 2 aromatic rings. The first-order valence-corrected chi connectivity index (χ1v) is 6.73. The van der Waals surface area contributed by atoms with E-state index in [9.17, 15) is 0 Å². The minimum absolute atomic E-state index is 0.748. The van der Waals surface area contributed by atoms with Gasteiger partial charge in [-0.2, -0.15) is 0 Å². The summed E-state index contributed by atoms with van der Waals surface area (Å²) >= 11 is 0. The number of fused-ring (bicyclic) bond motifs is 1. The number of aromatic nitrogens is 2. The molecule has 0 atom stereocenters. The Hall–Kier alpha value is -1.64. The molecular weight excluding hydrogens is 222 g/mol. The Kier molecular flexibility index (Phi) is 4.13. The van der Waals surface area contributed by atoms with Gasteiger partial charge in [-0.25, -0.2) is 9.97 Å². The number of rotatable bonds is 5. The van der Waals surface area contributed by atoms with Crippen LogP contribution in [0.1, 0.15) is 44.0 Å².